The van der Waals surface area contributed by atoms with Crippen LogP contribution in [0.5, 0.6) is 5.75 Å². The highest BCUT2D eigenvalue weighted by molar-refractivity contribution is 6.07. The smallest absolute Gasteiger partial charge is 0.303 e. The lowest BCUT2D eigenvalue weighted by atomic mass is 10.1. The zero-order valence-electron chi connectivity index (χ0n) is 10.9. The van der Waals surface area contributed by atoms with Gasteiger partial charge in [0, 0.05) is 28.8 Å². The van der Waals surface area contributed by atoms with Gasteiger partial charge in [-0.25, -0.2) is 0 Å². The summed E-state index contributed by atoms with van der Waals surface area (Å²) >= 11 is 0. The molecule has 0 aliphatic carbocycles. The molecule has 102 valence electrons. The van der Waals surface area contributed by atoms with E-state index in [9.17, 15) is 4.79 Å². The second-order valence-corrected chi connectivity index (χ2v) is 4.72. The number of rotatable bonds is 5. The number of benzene rings is 2. The molecule has 0 aliphatic rings. The second kappa shape index (κ2) is 5.25. The molecule has 20 heavy (non-hydrogen) atoms. The minimum atomic E-state index is -0.792. The molecule has 0 atom stereocenters. The van der Waals surface area contributed by atoms with Crippen molar-refractivity contribution in [2.45, 2.75) is 12.8 Å². The monoisotopic (exact) mass is 269 g/mol. The maximum atomic E-state index is 10.4. The van der Waals surface area contributed by atoms with E-state index in [2.05, 4.69) is 11.1 Å². The molecule has 0 saturated carbocycles. The molecule has 3 aromatic rings. The highest BCUT2D eigenvalue weighted by atomic mass is 16.5. The molecule has 1 heterocycles. The molecule has 0 bridgehead atoms. The van der Waals surface area contributed by atoms with Gasteiger partial charge >= 0.3 is 5.97 Å². The van der Waals surface area contributed by atoms with Crippen LogP contribution in [0.1, 0.15) is 12.8 Å². The molecule has 0 aliphatic heterocycles. The van der Waals surface area contributed by atoms with Crippen LogP contribution in [-0.2, 0) is 4.79 Å². The number of hydrogen-bond acceptors (Lipinski definition) is 2. The predicted octanol–water partition coefficient (Wildman–Crippen LogP) is 3.56. The quantitative estimate of drug-likeness (QED) is 0.696. The Labute approximate surface area is 116 Å². The van der Waals surface area contributed by atoms with Gasteiger partial charge in [-0.1, -0.05) is 18.2 Å². The average molecular weight is 269 g/mol. The van der Waals surface area contributed by atoms with Crippen molar-refractivity contribution in [3.05, 3.63) is 42.5 Å². The number of ether oxygens (including phenoxy) is 1. The van der Waals surface area contributed by atoms with Crippen LogP contribution in [0.15, 0.2) is 42.5 Å². The fraction of sp³-hybridized carbons (Fsp3) is 0.188. The van der Waals surface area contributed by atoms with Gasteiger partial charge in [0.2, 0.25) is 0 Å². The van der Waals surface area contributed by atoms with E-state index in [0.717, 1.165) is 16.8 Å². The van der Waals surface area contributed by atoms with Crippen LogP contribution >= 0.6 is 0 Å². The molecule has 1 aromatic heterocycles. The SMILES string of the molecule is O=C(O)CCCOc1ccc2c(c1)[nH]c1ccccc12. The summed E-state index contributed by atoms with van der Waals surface area (Å²) in [6, 6.07) is 14.1. The third-order valence-electron chi connectivity index (χ3n) is 3.28. The molecule has 0 spiro atoms. The summed E-state index contributed by atoms with van der Waals surface area (Å²) in [5.41, 5.74) is 2.13. The first-order valence-electron chi connectivity index (χ1n) is 6.59. The topological polar surface area (TPSA) is 62.3 Å². The lowest BCUT2D eigenvalue weighted by molar-refractivity contribution is -0.137. The number of aromatic amines is 1. The Kier molecular flexibility index (Phi) is 3.29. The van der Waals surface area contributed by atoms with Crippen molar-refractivity contribution in [1.29, 1.82) is 0 Å². The van der Waals surface area contributed by atoms with Gasteiger partial charge in [0.05, 0.1) is 12.1 Å². The van der Waals surface area contributed by atoms with Crippen LogP contribution in [0, 0.1) is 0 Å². The third-order valence-corrected chi connectivity index (χ3v) is 3.28. The lowest BCUT2D eigenvalue weighted by Gasteiger charge is -2.05. The molecule has 0 saturated heterocycles. The minimum Gasteiger partial charge on any atom is -0.494 e. The Morgan fingerprint density at radius 1 is 1.10 bits per heavy atom. The zero-order valence-corrected chi connectivity index (χ0v) is 10.9. The standard InChI is InChI=1S/C16H15NO3/c18-16(19)6-3-9-20-11-7-8-13-12-4-1-2-5-14(12)17-15(13)10-11/h1-2,4-5,7-8,10,17H,3,6,9H2,(H,18,19). The Hall–Kier alpha value is -2.49. The van der Waals surface area contributed by atoms with Crippen molar-refractivity contribution in [3.8, 4) is 5.75 Å². The van der Waals surface area contributed by atoms with Gasteiger partial charge in [0.15, 0.2) is 0 Å². The number of nitrogens with one attached hydrogen (secondary N) is 1. The van der Waals surface area contributed by atoms with Gasteiger partial charge in [0.1, 0.15) is 5.75 Å². The van der Waals surface area contributed by atoms with E-state index in [4.69, 9.17) is 9.84 Å². The summed E-state index contributed by atoms with van der Waals surface area (Å²) < 4.78 is 5.58. The molecule has 0 fully saturated rings. The van der Waals surface area contributed by atoms with Gasteiger partial charge in [-0.2, -0.15) is 0 Å². The number of carboxylic acid groups (broad SMARTS) is 1. The van der Waals surface area contributed by atoms with E-state index >= 15 is 0 Å². The zero-order chi connectivity index (χ0) is 13.9. The van der Waals surface area contributed by atoms with E-state index in [-0.39, 0.29) is 6.42 Å². The average Bonchev–Trinajstić information content (AvgIpc) is 2.81. The molecule has 0 radical (unpaired) electrons. The van der Waals surface area contributed by atoms with Crippen LogP contribution < -0.4 is 4.74 Å². The van der Waals surface area contributed by atoms with E-state index in [1.807, 2.05) is 36.4 Å². The fourth-order valence-electron chi connectivity index (χ4n) is 2.34. The highest BCUT2D eigenvalue weighted by Crippen LogP contribution is 2.28. The van der Waals surface area contributed by atoms with Crippen molar-refractivity contribution in [3.63, 3.8) is 0 Å². The summed E-state index contributed by atoms with van der Waals surface area (Å²) in [4.78, 5) is 13.8. The number of hydrogen-bond donors (Lipinski definition) is 2. The maximum absolute atomic E-state index is 10.4. The Morgan fingerprint density at radius 2 is 1.90 bits per heavy atom. The van der Waals surface area contributed by atoms with Gasteiger partial charge in [-0.05, 0) is 24.6 Å². The minimum absolute atomic E-state index is 0.134. The van der Waals surface area contributed by atoms with Gasteiger partial charge in [-0.3, -0.25) is 4.79 Å². The van der Waals surface area contributed by atoms with E-state index in [1.165, 1.54) is 10.8 Å². The predicted molar refractivity (Wildman–Crippen MR) is 78.2 cm³/mol. The van der Waals surface area contributed by atoms with Crippen LogP contribution in [-0.4, -0.2) is 22.7 Å². The van der Waals surface area contributed by atoms with Crippen molar-refractivity contribution in [2.24, 2.45) is 0 Å². The Bertz CT molecular complexity index is 761. The molecule has 3 rings (SSSR count). The van der Waals surface area contributed by atoms with Crippen molar-refractivity contribution < 1.29 is 14.6 Å². The molecule has 4 heteroatoms. The molecule has 2 aromatic carbocycles. The van der Waals surface area contributed by atoms with Crippen molar-refractivity contribution in [1.82, 2.24) is 4.98 Å². The number of carbonyl (C=O) groups is 1. The number of carboxylic acids is 1. The lowest BCUT2D eigenvalue weighted by Crippen LogP contribution is -2.01. The summed E-state index contributed by atoms with van der Waals surface area (Å²) in [6.07, 6.45) is 0.648. The normalized spacial score (nSPS) is 11.0. The molecule has 0 amide bonds. The Balaban J connectivity index is 1.80. The summed E-state index contributed by atoms with van der Waals surface area (Å²) in [5, 5.41) is 10.9. The van der Waals surface area contributed by atoms with Crippen LogP contribution in [0.4, 0.5) is 0 Å². The molecule has 0 unspecified atom stereocenters. The molecular formula is C16H15NO3. The van der Waals surface area contributed by atoms with Gasteiger partial charge in [-0.15, -0.1) is 0 Å². The number of fused-ring (bicyclic) bond motifs is 3. The van der Waals surface area contributed by atoms with Crippen LogP contribution in [0.2, 0.25) is 0 Å². The molecule has 2 N–H and O–H groups in total. The maximum Gasteiger partial charge on any atom is 0.303 e. The summed E-state index contributed by atoms with van der Waals surface area (Å²) in [5.74, 6) is -0.0332. The number of para-hydroxylation sites is 1. The fourth-order valence-corrected chi connectivity index (χ4v) is 2.34. The number of aromatic nitrogens is 1. The molecule has 4 nitrogen and oxygen atoms in total. The van der Waals surface area contributed by atoms with Crippen LogP contribution in [0.3, 0.4) is 0 Å². The Morgan fingerprint density at radius 3 is 2.75 bits per heavy atom. The number of aliphatic carboxylic acids is 1. The van der Waals surface area contributed by atoms with Crippen LogP contribution in [0.25, 0.3) is 21.8 Å². The van der Waals surface area contributed by atoms with E-state index < -0.39 is 5.97 Å². The van der Waals surface area contributed by atoms with E-state index in [1.54, 1.807) is 0 Å². The van der Waals surface area contributed by atoms with Crippen molar-refractivity contribution in [2.75, 3.05) is 6.61 Å². The summed E-state index contributed by atoms with van der Waals surface area (Å²) in [7, 11) is 0. The van der Waals surface area contributed by atoms with Gasteiger partial charge < -0.3 is 14.8 Å². The first kappa shape index (κ1) is 12.5. The van der Waals surface area contributed by atoms with Crippen molar-refractivity contribution >= 4 is 27.8 Å². The number of H-pyrrole nitrogens is 1. The summed E-state index contributed by atoms with van der Waals surface area (Å²) in [6.45, 7) is 0.415. The first-order valence-corrected chi connectivity index (χ1v) is 6.59. The molecular weight excluding hydrogens is 254 g/mol. The van der Waals surface area contributed by atoms with E-state index in [0.29, 0.717) is 13.0 Å². The highest BCUT2D eigenvalue weighted by Gasteiger charge is 2.05. The largest absolute Gasteiger partial charge is 0.494 e. The second-order valence-electron chi connectivity index (χ2n) is 4.72. The first-order chi connectivity index (χ1) is 9.74. The van der Waals surface area contributed by atoms with Gasteiger partial charge in [0.25, 0.3) is 0 Å². The third kappa shape index (κ3) is 2.45.